The van der Waals surface area contributed by atoms with E-state index in [0.29, 0.717) is 29.3 Å². The summed E-state index contributed by atoms with van der Waals surface area (Å²) in [5.74, 6) is 0.305. The topological polar surface area (TPSA) is 39.3 Å². The van der Waals surface area contributed by atoms with Crippen LogP contribution in [0.15, 0.2) is 24.3 Å². The third kappa shape index (κ3) is 2.98. The standard InChI is InChI=1S/C23H31N3O/c1-22(2)10-16-11-23(3,14-22)15-26(16)13-21(27)25-9-8-20-18(12-25)17-6-4-5-7-19(17)24-20/h4-7,16,24H,8-15H2,1-3H3/t16-,23-/m0/s1. The SMILES string of the molecule is CC1(C)C[C@H]2C[C@](C)(CN2CC(=O)N2CCc3[nH]c4ccccc4c3C2)C1. The fourth-order valence-corrected chi connectivity index (χ4v) is 6.41. The number of amides is 1. The molecule has 4 nitrogen and oxygen atoms in total. The maximum Gasteiger partial charge on any atom is 0.237 e. The molecule has 5 rings (SSSR count). The molecule has 3 aliphatic rings. The van der Waals surface area contributed by atoms with Gasteiger partial charge < -0.3 is 9.88 Å². The molecule has 1 aromatic carbocycles. The summed E-state index contributed by atoms with van der Waals surface area (Å²) in [4.78, 5) is 21.3. The van der Waals surface area contributed by atoms with E-state index in [4.69, 9.17) is 0 Å². The highest BCUT2D eigenvalue weighted by Crippen LogP contribution is 2.52. The zero-order valence-corrected chi connectivity index (χ0v) is 16.8. The second-order valence-electron chi connectivity index (χ2n) is 10.3. The molecule has 144 valence electrons. The Labute approximate surface area is 161 Å². The fourth-order valence-electron chi connectivity index (χ4n) is 6.41. The van der Waals surface area contributed by atoms with E-state index < -0.39 is 0 Å². The van der Waals surface area contributed by atoms with Gasteiger partial charge in [0.05, 0.1) is 6.54 Å². The predicted octanol–water partition coefficient (Wildman–Crippen LogP) is 3.95. The number of rotatable bonds is 2. The maximum absolute atomic E-state index is 13.2. The van der Waals surface area contributed by atoms with Crippen LogP contribution < -0.4 is 0 Å². The van der Waals surface area contributed by atoms with Crippen molar-refractivity contribution in [3.8, 4) is 0 Å². The minimum atomic E-state index is 0.305. The molecule has 2 fully saturated rings. The van der Waals surface area contributed by atoms with Crippen LogP contribution in [0.4, 0.5) is 0 Å². The zero-order chi connectivity index (χ0) is 18.8. The van der Waals surface area contributed by atoms with Crippen molar-refractivity contribution in [2.45, 2.75) is 59.0 Å². The van der Waals surface area contributed by atoms with Crippen molar-refractivity contribution in [3.63, 3.8) is 0 Å². The molecule has 2 atom stereocenters. The Morgan fingerprint density at radius 1 is 1.22 bits per heavy atom. The van der Waals surface area contributed by atoms with Crippen molar-refractivity contribution < 1.29 is 4.79 Å². The molecule has 1 aliphatic carbocycles. The minimum absolute atomic E-state index is 0.305. The van der Waals surface area contributed by atoms with Gasteiger partial charge in [-0.15, -0.1) is 0 Å². The van der Waals surface area contributed by atoms with Crippen LogP contribution in [0.1, 0.15) is 51.3 Å². The summed E-state index contributed by atoms with van der Waals surface area (Å²) in [6.45, 7) is 10.5. The molecule has 0 radical (unpaired) electrons. The van der Waals surface area contributed by atoms with E-state index in [1.807, 2.05) is 0 Å². The number of carbonyl (C=O) groups excluding carboxylic acids is 1. The monoisotopic (exact) mass is 365 g/mol. The summed E-state index contributed by atoms with van der Waals surface area (Å²) in [5, 5.41) is 1.27. The molecule has 4 heteroatoms. The van der Waals surface area contributed by atoms with Gasteiger partial charge in [-0.2, -0.15) is 0 Å². The van der Waals surface area contributed by atoms with Gasteiger partial charge in [0.25, 0.3) is 0 Å². The third-order valence-corrected chi connectivity index (χ3v) is 7.10. The van der Waals surface area contributed by atoms with Gasteiger partial charge >= 0.3 is 0 Å². The normalized spacial score (nSPS) is 29.9. The summed E-state index contributed by atoms with van der Waals surface area (Å²) in [5.41, 5.74) is 4.61. The number of para-hydroxylation sites is 1. The summed E-state index contributed by atoms with van der Waals surface area (Å²) in [6.07, 6.45) is 4.70. The molecule has 2 aromatic rings. The molecule has 1 saturated carbocycles. The maximum atomic E-state index is 13.2. The molecular weight excluding hydrogens is 334 g/mol. The molecule has 27 heavy (non-hydrogen) atoms. The lowest BCUT2D eigenvalue weighted by atomic mass is 9.65. The van der Waals surface area contributed by atoms with Crippen LogP contribution in [0.3, 0.4) is 0 Å². The van der Waals surface area contributed by atoms with E-state index in [-0.39, 0.29) is 0 Å². The van der Waals surface area contributed by atoms with Gasteiger partial charge in [0.15, 0.2) is 0 Å². The number of nitrogens with zero attached hydrogens (tertiary/aromatic N) is 2. The number of benzene rings is 1. The number of carbonyl (C=O) groups is 1. The number of fused-ring (bicyclic) bond motifs is 5. The predicted molar refractivity (Wildman–Crippen MR) is 109 cm³/mol. The van der Waals surface area contributed by atoms with Crippen LogP contribution in [-0.4, -0.2) is 46.4 Å². The molecule has 0 spiro atoms. The first kappa shape index (κ1) is 17.3. The number of nitrogens with one attached hydrogen (secondary N) is 1. The Morgan fingerprint density at radius 3 is 2.89 bits per heavy atom. The number of hydrogen-bond donors (Lipinski definition) is 1. The van der Waals surface area contributed by atoms with E-state index in [2.05, 4.69) is 59.8 Å². The Kier molecular flexibility index (Phi) is 3.74. The lowest BCUT2D eigenvalue weighted by Gasteiger charge is -2.40. The smallest absolute Gasteiger partial charge is 0.237 e. The van der Waals surface area contributed by atoms with Crippen molar-refractivity contribution in [1.29, 1.82) is 0 Å². The molecule has 0 unspecified atom stereocenters. The molecule has 1 amide bonds. The Morgan fingerprint density at radius 2 is 2.04 bits per heavy atom. The van der Waals surface area contributed by atoms with E-state index in [0.717, 1.165) is 26.1 Å². The number of hydrogen-bond acceptors (Lipinski definition) is 2. The summed E-state index contributed by atoms with van der Waals surface area (Å²) >= 11 is 0. The van der Waals surface area contributed by atoms with Crippen molar-refractivity contribution >= 4 is 16.8 Å². The van der Waals surface area contributed by atoms with Gasteiger partial charge in [0.1, 0.15) is 0 Å². The quantitative estimate of drug-likeness (QED) is 0.875. The first-order valence-corrected chi connectivity index (χ1v) is 10.4. The average Bonchev–Trinajstić information content (AvgIpc) is 3.07. The fraction of sp³-hybridized carbons (Fsp3) is 0.609. The molecular formula is C23H31N3O. The number of aromatic nitrogens is 1. The highest BCUT2D eigenvalue weighted by molar-refractivity contribution is 5.86. The Balaban J connectivity index is 1.31. The summed E-state index contributed by atoms with van der Waals surface area (Å²) < 4.78 is 0. The molecule has 3 heterocycles. The third-order valence-electron chi connectivity index (χ3n) is 7.10. The number of likely N-dealkylation sites (tertiary alicyclic amines) is 1. The van der Waals surface area contributed by atoms with Crippen molar-refractivity contribution in [3.05, 3.63) is 35.5 Å². The Bertz CT molecular complexity index is 898. The van der Waals surface area contributed by atoms with Crippen LogP contribution in [0.25, 0.3) is 10.9 Å². The van der Waals surface area contributed by atoms with Crippen LogP contribution in [-0.2, 0) is 17.8 Å². The van der Waals surface area contributed by atoms with Crippen LogP contribution in [0.5, 0.6) is 0 Å². The second-order valence-corrected chi connectivity index (χ2v) is 10.3. The van der Waals surface area contributed by atoms with Crippen LogP contribution in [0.2, 0.25) is 0 Å². The van der Waals surface area contributed by atoms with Gasteiger partial charge in [-0.1, -0.05) is 39.0 Å². The van der Waals surface area contributed by atoms with Gasteiger partial charge in [-0.05, 0) is 36.2 Å². The highest BCUT2D eigenvalue weighted by atomic mass is 16.2. The van der Waals surface area contributed by atoms with E-state index in [9.17, 15) is 4.79 Å². The first-order chi connectivity index (χ1) is 12.8. The first-order valence-electron chi connectivity index (χ1n) is 10.4. The molecule has 2 aliphatic heterocycles. The van der Waals surface area contributed by atoms with Crippen molar-refractivity contribution in [1.82, 2.24) is 14.8 Å². The summed E-state index contributed by atoms with van der Waals surface area (Å²) in [7, 11) is 0. The minimum Gasteiger partial charge on any atom is -0.358 e. The number of H-pyrrole nitrogens is 1. The van der Waals surface area contributed by atoms with E-state index in [1.165, 1.54) is 41.4 Å². The second kappa shape index (κ2) is 5.84. The zero-order valence-electron chi connectivity index (χ0n) is 16.8. The van der Waals surface area contributed by atoms with Crippen LogP contribution >= 0.6 is 0 Å². The molecule has 1 aromatic heterocycles. The molecule has 1 N–H and O–H groups in total. The van der Waals surface area contributed by atoms with Gasteiger partial charge in [0.2, 0.25) is 5.91 Å². The molecule has 2 bridgehead atoms. The van der Waals surface area contributed by atoms with Gasteiger partial charge in [-0.25, -0.2) is 0 Å². The largest absolute Gasteiger partial charge is 0.358 e. The lowest BCUT2D eigenvalue weighted by Crippen LogP contribution is -2.44. The molecule has 1 saturated heterocycles. The van der Waals surface area contributed by atoms with Crippen molar-refractivity contribution in [2.24, 2.45) is 10.8 Å². The lowest BCUT2D eigenvalue weighted by molar-refractivity contribution is -0.133. The van der Waals surface area contributed by atoms with E-state index >= 15 is 0 Å². The highest BCUT2D eigenvalue weighted by Gasteiger charge is 2.49. The van der Waals surface area contributed by atoms with Gasteiger partial charge in [-0.3, -0.25) is 9.69 Å². The Hall–Kier alpha value is -1.81. The van der Waals surface area contributed by atoms with Crippen molar-refractivity contribution in [2.75, 3.05) is 19.6 Å². The van der Waals surface area contributed by atoms with Crippen LogP contribution in [0, 0.1) is 10.8 Å². The van der Waals surface area contributed by atoms with E-state index in [1.54, 1.807) is 0 Å². The van der Waals surface area contributed by atoms with Gasteiger partial charge in [0, 0.05) is 54.3 Å². The average molecular weight is 366 g/mol. The summed E-state index contributed by atoms with van der Waals surface area (Å²) in [6, 6.07) is 9.04. The number of aromatic amines is 1.